The summed E-state index contributed by atoms with van der Waals surface area (Å²) in [6.45, 7) is 9.06. The highest BCUT2D eigenvalue weighted by atomic mass is 16.5. The Balaban J connectivity index is 2.19. The second kappa shape index (κ2) is 6.15. The lowest BCUT2D eigenvalue weighted by atomic mass is 9.81. The van der Waals surface area contributed by atoms with Gasteiger partial charge in [0.05, 0.1) is 7.11 Å². The Labute approximate surface area is 123 Å². The van der Waals surface area contributed by atoms with Crippen LogP contribution in [0.25, 0.3) is 0 Å². The maximum absolute atomic E-state index is 6.28. The second-order valence-corrected chi connectivity index (χ2v) is 6.78. The van der Waals surface area contributed by atoms with Crippen molar-refractivity contribution in [3.8, 4) is 5.75 Å². The summed E-state index contributed by atoms with van der Waals surface area (Å²) < 4.78 is 5.35. The van der Waals surface area contributed by atoms with Crippen LogP contribution in [0.5, 0.6) is 5.75 Å². The highest BCUT2D eigenvalue weighted by Gasteiger charge is 2.31. The van der Waals surface area contributed by atoms with Gasteiger partial charge in [-0.3, -0.25) is 4.90 Å². The molecule has 1 heterocycles. The quantitative estimate of drug-likeness (QED) is 0.917. The SMILES string of the molecule is COc1cccc(C(C(C)N)N2CCC(C)(C)CC2)c1. The molecule has 0 spiro atoms. The van der Waals surface area contributed by atoms with E-state index in [0.29, 0.717) is 5.41 Å². The average molecular weight is 276 g/mol. The predicted octanol–water partition coefficient (Wildman–Crippen LogP) is 3.21. The topological polar surface area (TPSA) is 38.5 Å². The number of nitrogens with zero attached hydrogens (tertiary/aromatic N) is 1. The normalized spacial score (nSPS) is 22.2. The van der Waals surface area contributed by atoms with Crippen molar-refractivity contribution in [2.24, 2.45) is 11.1 Å². The van der Waals surface area contributed by atoms with Gasteiger partial charge < -0.3 is 10.5 Å². The van der Waals surface area contributed by atoms with Crippen LogP contribution in [0.1, 0.15) is 45.2 Å². The molecule has 0 bridgehead atoms. The molecule has 3 heteroatoms. The van der Waals surface area contributed by atoms with Crippen LogP contribution in [-0.2, 0) is 0 Å². The molecule has 0 radical (unpaired) electrons. The second-order valence-electron chi connectivity index (χ2n) is 6.78. The molecule has 1 aliphatic heterocycles. The minimum Gasteiger partial charge on any atom is -0.497 e. The van der Waals surface area contributed by atoms with Crippen molar-refractivity contribution in [1.29, 1.82) is 0 Å². The molecule has 2 N–H and O–H groups in total. The maximum atomic E-state index is 6.28. The van der Waals surface area contributed by atoms with E-state index >= 15 is 0 Å². The fourth-order valence-electron chi connectivity index (χ4n) is 3.08. The maximum Gasteiger partial charge on any atom is 0.119 e. The Bertz CT molecular complexity index is 432. The van der Waals surface area contributed by atoms with Crippen molar-refractivity contribution in [1.82, 2.24) is 4.90 Å². The van der Waals surface area contributed by atoms with E-state index < -0.39 is 0 Å². The standard InChI is InChI=1S/C17H28N2O/c1-13(18)16(14-6-5-7-15(12-14)20-4)19-10-8-17(2,3)9-11-19/h5-7,12-13,16H,8-11,18H2,1-4H3. The zero-order valence-corrected chi connectivity index (χ0v) is 13.2. The molecule has 20 heavy (non-hydrogen) atoms. The van der Waals surface area contributed by atoms with Gasteiger partial charge in [0.15, 0.2) is 0 Å². The molecule has 1 fully saturated rings. The first-order valence-corrected chi connectivity index (χ1v) is 7.56. The van der Waals surface area contributed by atoms with Gasteiger partial charge in [-0.15, -0.1) is 0 Å². The van der Waals surface area contributed by atoms with Crippen LogP contribution < -0.4 is 10.5 Å². The fourth-order valence-corrected chi connectivity index (χ4v) is 3.08. The van der Waals surface area contributed by atoms with Crippen LogP contribution in [0.15, 0.2) is 24.3 Å². The predicted molar refractivity (Wildman–Crippen MR) is 84.0 cm³/mol. The number of benzene rings is 1. The third kappa shape index (κ3) is 3.53. The van der Waals surface area contributed by atoms with E-state index in [1.807, 2.05) is 6.07 Å². The van der Waals surface area contributed by atoms with Crippen molar-refractivity contribution < 1.29 is 4.74 Å². The molecular formula is C17H28N2O. The van der Waals surface area contributed by atoms with Gasteiger partial charge in [-0.25, -0.2) is 0 Å². The van der Waals surface area contributed by atoms with Gasteiger partial charge in [0.2, 0.25) is 0 Å². The number of nitrogens with two attached hydrogens (primary N) is 1. The highest BCUT2D eigenvalue weighted by molar-refractivity contribution is 5.31. The number of piperidine rings is 1. The summed E-state index contributed by atoms with van der Waals surface area (Å²) in [5.74, 6) is 0.908. The zero-order chi connectivity index (χ0) is 14.8. The van der Waals surface area contributed by atoms with Gasteiger partial charge >= 0.3 is 0 Å². The molecule has 0 amide bonds. The summed E-state index contributed by atoms with van der Waals surface area (Å²) in [5, 5.41) is 0. The van der Waals surface area contributed by atoms with Gasteiger partial charge in [-0.1, -0.05) is 26.0 Å². The van der Waals surface area contributed by atoms with Crippen LogP contribution >= 0.6 is 0 Å². The fraction of sp³-hybridized carbons (Fsp3) is 0.647. The Morgan fingerprint density at radius 2 is 1.90 bits per heavy atom. The highest BCUT2D eigenvalue weighted by Crippen LogP contribution is 2.35. The largest absolute Gasteiger partial charge is 0.497 e. The van der Waals surface area contributed by atoms with Gasteiger partial charge in [-0.2, -0.15) is 0 Å². The molecule has 3 nitrogen and oxygen atoms in total. The number of methoxy groups -OCH3 is 1. The number of hydrogen-bond acceptors (Lipinski definition) is 3. The van der Waals surface area contributed by atoms with E-state index in [-0.39, 0.29) is 12.1 Å². The first kappa shape index (κ1) is 15.3. The average Bonchev–Trinajstić information content (AvgIpc) is 2.41. The zero-order valence-electron chi connectivity index (χ0n) is 13.2. The van der Waals surface area contributed by atoms with Crippen molar-refractivity contribution in [2.75, 3.05) is 20.2 Å². The monoisotopic (exact) mass is 276 g/mol. The molecule has 1 aromatic carbocycles. The lowest BCUT2D eigenvalue weighted by molar-refractivity contribution is 0.0841. The van der Waals surface area contributed by atoms with Crippen LogP contribution in [0, 0.1) is 5.41 Å². The van der Waals surface area contributed by atoms with E-state index in [2.05, 4.69) is 43.9 Å². The van der Waals surface area contributed by atoms with Gasteiger partial charge in [0.1, 0.15) is 5.75 Å². The Morgan fingerprint density at radius 3 is 2.45 bits per heavy atom. The number of ether oxygens (including phenoxy) is 1. The molecule has 0 aliphatic carbocycles. The van der Waals surface area contributed by atoms with E-state index in [0.717, 1.165) is 18.8 Å². The van der Waals surface area contributed by atoms with Crippen molar-refractivity contribution >= 4 is 0 Å². The molecule has 2 rings (SSSR count). The Morgan fingerprint density at radius 1 is 1.25 bits per heavy atom. The molecule has 0 saturated carbocycles. The van der Waals surface area contributed by atoms with E-state index in [4.69, 9.17) is 10.5 Å². The number of likely N-dealkylation sites (tertiary alicyclic amines) is 1. The van der Waals surface area contributed by atoms with Crippen LogP contribution in [-0.4, -0.2) is 31.1 Å². The molecular weight excluding hydrogens is 248 g/mol. The summed E-state index contributed by atoms with van der Waals surface area (Å²) >= 11 is 0. The van der Waals surface area contributed by atoms with Crippen LogP contribution in [0.4, 0.5) is 0 Å². The molecule has 0 aromatic heterocycles. The molecule has 1 saturated heterocycles. The lowest BCUT2D eigenvalue weighted by Crippen LogP contribution is -2.45. The Kier molecular flexibility index (Phi) is 4.71. The summed E-state index contributed by atoms with van der Waals surface area (Å²) in [6, 6.07) is 8.72. The molecule has 112 valence electrons. The smallest absolute Gasteiger partial charge is 0.119 e. The van der Waals surface area contributed by atoms with E-state index in [9.17, 15) is 0 Å². The number of hydrogen-bond donors (Lipinski definition) is 1. The van der Waals surface area contributed by atoms with Crippen molar-refractivity contribution in [2.45, 2.75) is 45.7 Å². The van der Waals surface area contributed by atoms with Gasteiger partial charge in [-0.05, 0) is 56.0 Å². The summed E-state index contributed by atoms with van der Waals surface area (Å²) in [7, 11) is 1.71. The van der Waals surface area contributed by atoms with E-state index in [1.165, 1.54) is 18.4 Å². The van der Waals surface area contributed by atoms with Crippen molar-refractivity contribution in [3.05, 3.63) is 29.8 Å². The summed E-state index contributed by atoms with van der Waals surface area (Å²) in [5.41, 5.74) is 8.00. The summed E-state index contributed by atoms with van der Waals surface area (Å²) in [4.78, 5) is 2.53. The minimum absolute atomic E-state index is 0.114. The van der Waals surface area contributed by atoms with E-state index in [1.54, 1.807) is 7.11 Å². The van der Waals surface area contributed by atoms with Crippen LogP contribution in [0.3, 0.4) is 0 Å². The first-order chi connectivity index (χ1) is 9.43. The Hall–Kier alpha value is -1.06. The lowest BCUT2D eigenvalue weighted by Gasteiger charge is -2.42. The third-order valence-corrected chi connectivity index (χ3v) is 4.48. The van der Waals surface area contributed by atoms with Crippen molar-refractivity contribution in [3.63, 3.8) is 0 Å². The third-order valence-electron chi connectivity index (χ3n) is 4.48. The molecule has 1 aliphatic rings. The molecule has 2 unspecified atom stereocenters. The first-order valence-electron chi connectivity index (χ1n) is 7.56. The number of rotatable bonds is 4. The minimum atomic E-state index is 0.114. The van der Waals surface area contributed by atoms with Gasteiger partial charge in [0.25, 0.3) is 0 Å². The molecule has 1 aromatic rings. The summed E-state index contributed by atoms with van der Waals surface area (Å²) in [6.07, 6.45) is 2.47. The molecule has 2 atom stereocenters. The van der Waals surface area contributed by atoms with Crippen LogP contribution in [0.2, 0.25) is 0 Å². The van der Waals surface area contributed by atoms with Gasteiger partial charge in [0, 0.05) is 12.1 Å².